The van der Waals surface area contributed by atoms with E-state index in [0.29, 0.717) is 6.54 Å². The van der Waals surface area contributed by atoms with E-state index in [-0.39, 0.29) is 6.04 Å². The summed E-state index contributed by atoms with van der Waals surface area (Å²) in [6.07, 6.45) is 5.82. The molecule has 1 atom stereocenters. The highest BCUT2D eigenvalue weighted by Gasteiger charge is 2.28. The second-order valence-corrected chi connectivity index (χ2v) is 6.20. The van der Waals surface area contributed by atoms with Gasteiger partial charge in [0.15, 0.2) is 5.82 Å². The van der Waals surface area contributed by atoms with Crippen LogP contribution in [0.2, 0.25) is 0 Å². The lowest BCUT2D eigenvalue weighted by Crippen LogP contribution is -2.48. The zero-order valence-corrected chi connectivity index (χ0v) is 14.3. The van der Waals surface area contributed by atoms with Crippen molar-refractivity contribution >= 4 is 0 Å². The van der Waals surface area contributed by atoms with Gasteiger partial charge in [-0.05, 0) is 29.0 Å². The van der Waals surface area contributed by atoms with E-state index in [1.165, 1.54) is 0 Å². The average molecular weight is 330 g/mol. The van der Waals surface area contributed by atoms with Gasteiger partial charge in [0.2, 0.25) is 0 Å². The van der Waals surface area contributed by atoms with Gasteiger partial charge >= 0.3 is 0 Å². The lowest BCUT2D eigenvalue weighted by atomic mass is 10.1. The lowest BCUT2D eigenvalue weighted by molar-refractivity contribution is 0.0921. The summed E-state index contributed by atoms with van der Waals surface area (Å²) in [6, 6.07) is 4.10. The molecule has 0 radical (unpaired) electrons. The molecule has 2 aromatic heterocycles. The van der Waals surface area contributed by atoms with Crippen LogP contribution in [0.25, 0.3) is 0 Å². The molecule has 0 spiro atoms. The lowest BCUT2D eigenvalue weighted by Gasteiger charge is -2.38. The van der Waals surface area contributed by atoms with Gasteiger partial charge < -0.3 is 4.42 Å². The molecule has 3 heterocycles. The molecule has 3 rings (SSSR count). The minimum atomic E-state index is 0.255. The molecule has 1 aliphatic rings. The van der Waals surface area contributed by atoms with E-state index in [0.717, 1.165) is 57.2 Å². The average Bonchev–Trinajstić information content (AvgIpc) is 3.26. The van der Waals surface area contributed by atoms with Crippen LogP contribution in [0.4, 0.5) is 0 Å². The molecular weight excluding hydrogens is 304 g/mol. The Morgan fingerprint density at radius 3 is 2.83 bits per heavy atom. The molecule has 0 bridgehead atoms. The van der Waals surface area contributed by atoms with E-state index < -0.39 is 0 Å². The number of aromatic nitrogens is 4. The third kappa shape index (κ3) is 3.91. The summed E-state index contributed by atoms with van der Waals surface area (Å²) in [5.74, 6) is 1.81. The summed E-state index contributed by atoms with van der Waals surface area (Å²) in [5, 5.41) is 12.4. The first-order chi connectivity index (χ1) is 11.8. The van der Waals surface area contributed by atoms with E-state index in [1.807, 2.05) is 22.9 Å². The van der Waals surface area contributed by atoms with E-state index in [9.17, 15) is 0 Å². The molecule has 130 valence electrons. The fourth-order valence-corrected chi connectivity index (χ4v) is 3.30. The molecule has 1 aliphatic heterocycles. The molecular formula is C17H26N6O. The highest BCUT2D eigenvalue weighted by Crippen LogP contribution is 2.25. The van der Waals surface area contributed by atoms with Crippen LogP contribution in [-0.2, 0) is 6.54 Å². The van der Waals surface area contributed by atoms with E-state index in [1.54, 1.807) is 6.26 Å². The fourth-order valence-electron chi connectivity index (χ4n) is 3.30. The Morgan fingerprint density at radius 2 is 2.17 bits per heavy atom. The first-order valence-electron chi connectivity index (χ1n) is 8.67. The van der Waals surface area contributed by atoms with E-state index >= 15 is 0 Å². The number of nitrogens with zero attached hydrogens (tertiary/aromatic N) is 6. The number of rotatable bonds is 8. The van der Waals surface area contributed by atoms with Gasteiger partial charge in [-0.2, -0.15) is 0 Å². The third-order valence-electron chi connectivity index (χ3n) is 4.54. The van der Waals surface area contributed by atoms with Crippen molar-refractivity contribution in [2.24, 2.45) is 0 Å². The normalized spacial score (nSPS) is 17.9. The monoisotopic (exact) mass is 330 g/mol. The number of hydrogen-bond donors (Lipinski definition) is 0. The van der Waals surface area contributed by atoms with E-state index in [4.69, 9.17) is 4.42 Å². The first kappa shape index (κ1) is 16.9. The van der Waals surface area contributed by atoms with Gasteiger partial charge in [0.25, 0.3) is 0 Å². The smallest absolute Gasteiger partial charge is 0.168 e. The second-order valence-electron chi connectivity index (χ2n) is 6.20. The minimum absolute atomic E-state index is 0.255. The van der Waals surface area contributed by atoms with Crippen LogP contribution >= 0.6 is 0 Å². The summed E-state index contributed by atoms with van der Waals surface area (Å²) >= 11 is 0. The molecule has 0 N–H and O–H groups in total. The molecule has 0 amide bonds. The number of piperazine rings is 1. The first-order valence-corrected chi connectivity index (χ1v) is 8.67. The Morgan fingerprint density at radius 1 is 1.33 bits per heavy atom. The maximum Gasteiger partial charge on any atom is 0.168 e. The maximum absolute atomic E-state index is 5.44. The van der Waals surface area contributed by atoms with Crippen LogP contribution in [0.5, 0.6) is 0 Å². The van der Waals surface area contributed by atoms with Gasteiger partial charge in [-0.15, -0.1) is 11.7 Å². The van der Waals surface area contributed by atoms with Crippen molar-refractivity contribution in [3.05, 3.63) is 42.6 Å². The Bertz CT molecular complexity index is 615. The Labute approximate surface area is 142 Å². The Balaban J connectivity index is 1.72. The minimum Gasteiger partial charge on any atom is -0.467 e. The van der Waals surface area contributed by atoms with E-state index in [2.05, 4.69) is 38.8 Å². The van der Waals surface area contributed by atoms with Gasteiger partial charge in [-0.25, -0.2) is 4.68 Å². The molecule has 1 saturated heterocycles. The quantitative estimate of drug-likeness (QED) is 0.690. The SMILES string of the molecule is C=CCN1CCN([C@@H](CCC)c2nnnn2Cc2ccco2)CC1. The zero-order chi connectivity index (χ0) is 16.8. The molecule has 0 unspecified atom stereocenters. The van der Waals surface area contributed by atoms with Gasteiger partial charge in [0.05, 0.1) is 12.3 Å². The van der Waals surface area contributed by atoms with Crippen molar-refractivity contribution in [1.82, 2.24) is 30.0 Å². The maximum atomic E-state index is 5.44. The molecule has 7 heteroatoms. The molecule has 0 saturated carbocycles. The van der Waals surface area contributed by atoms with Crippen LogP contribution in [0.1, 0.15) is 37.4 Å². The largest absolute Gasteiger partial charge is 0.467 e. The molecule has 24 heavy (non-hydrogen) atoms. The predicted octanol–water partition coefficient (Wildman–Crippen LogP) is 1.96. The van der Waals surface area contributed by atoms with Crippen molar-refractivity contribution in [1.29, 1.82) is 0 Å². The summed E-state index contributed by atoms with van der Waals surface area (Å²) in [4.78, 5) is 4.94. The fraction of sp³-hybridized carbons (Fsp3) is 0.588. The Hall–Kier alpha value is -1.99. The summed E-state index contributed by atoms with van der Waals surface area (Å²) < 4.78 is 7.31. The number of tetrazole rings is 1. The highest BCUT2D eigenvalue weighted by molar-refractivity contribution is 5.02. The summed E-state index contributed by atoms with van der Waals surface area (Å²) in [5.41, 5.74) is 0. The second kappa shape index (κ2) is 8.21. The number of hydrogen-bond acceptors (Lipinski definition) is 6. The van der Waals surface area contributed by atoms with Gasteiger partial charge in [-0.3, -0.25) is 9.80 Å². The molecule has 0 aliphatic carbocycles. The van der Waals surface area contributed by atoms with Crippen molar-refractivity contribution in [2.45, 2.75) is 32.4 Å². The van der Waals surface area contributed by atoms with Crippen molar-refractivity contribution < 1.29 is 4.42 Å². The number of furan rings is 1. The summed E-state index contributed by atoms with van der Waals surface area (Å²) in [7, 11) is 0. The van der Waals surface area contributed by atoms with Crippen LogP contribution in [0.15, 0.2) is 35.5 Å². The van der Waals surface area contributed by atoms with Gasteiger partial charge in [-0.1, -0.05) is 19.4 Å². The standard InChI is InChI=1S/C17H26N6O/c1-3-6-16(22-11-9-21(8-4-2)10-12-22)17-18-19-20-23(17)14-15-7-5-13-24-15/h4-5,7,13,16H,2-3,6,8-12,14H2,1H3/t16-/m0/s1. The van der Waals surface area contributed by atoms with Crippen LogP contribution in [0.3, 0.4) is 0 Å². The molecule has 0 aromatic carbocycles. The zero-order valence-electron chi connectivity index (χ0n) is 14.3. The molecule has 7 nitrogen and oxygen atoms in total. The predicted molar refractivity (Wildman–Crippen MR) is 91.5 cm³/mol. The van der Waals surface area contributed by atoms with Gasteiger partial charge in [0.1, 0.15) is 12.3 Å². The van der Waals surface area contributed by atoms with Crippen molar-refractivity contribution in [3.63, 3.8) is 0 Å². The highest BCUT2D eigenvalue weighted by atomic mass is 16.3. The Kier molecular flexibility index (Phi) is 5.77. The van der Waals surface area contributed by atoms with Crippen molar-refractivity contribution in [3.8, 4) is 0 Å². The third-order valence-corrected chi connectivity index (χ3v) is 4.54. The molecule has 1 fully saturated rings. The topological polar surface area (TPSA) is 63.2 Å². The van der Waals surface area contributed by atoms with Crippen LogP contribution in [-0.4, -0.2) is 62.7 Å². The van der Waals surface area contributed by atoms with Crippen LogP contribution in [0, 0.1) is 0 Å². The van der Waals surface area contributed by atoms with Crippen LogP contribution < -0.4 is 0 Å². The molecule has 2 aromatic rings. The van der Waals surface area contributed by atoms with Crippen molar-refractivity contribution in [2.75, 3.05) is 32.7 Å². The van der Waals surface area contributed by atoms with Gasteiger partial charge in [0, 0.05) is 32.7 Å². The summed E-state index contributed by atoms with van der Waals surface area (Å²) in [6.45, 7) is 11.8.